The highest BCUT2D eigenvalue weighted by Crippen LogP contribution is 2.19. The predicted molar refractivity (Wildman–Crippen MR) is 70.2 cm³/mol. The molecule has 0 saturated heterocycles. The Kier molecular flexibility index (Phi) is 4.69. The van der Waals surface area contributed by atoms with Gasteiger partial charge < -0.3 is 16.0 Å². The van der Waals surface area contributed by atoms with Crippen LogP contribution in [-0.4, -0.2) is 23.1 Å². The van der Waals surface area contributed by atoms with E-state index in [1.807, 2.05) is 6.92 Å². The molecule has 96 valence electrons. The summed E-state index contributed by atoms with van der Waals surface area (Å²) in [7, 11) is 0. The number of hydrogen-bond donors (Lipinski definition) is 3. The molecule has 1 aromatic heterocycles. The van der Waals surface area contributed by atoms with Crippen LogP contribution in [0.3, 0.4) is 0 Å². The van der Waals surface area contributed by atoms with Crippen molar-refractivity contribution >= 4 is 5.82 Å². The van der Waals surface area contributed by atoms with Gasteiger partial charge in [0.15, 0.2) is 0 Å². The van der Waals surface area contributed by atoms with Crippen LogP contribution in [0.15, 0.2) is 10.9 Å². The van der Waals surface area contributed by atoms with Crippen molar-refractivity contribution in [3.05, 3.63) is 22.2 Å². The van der Waals surface area contributed by atoms with Crippen LogP contribution in [0.2, 0.25) is 0 Å². The van der Waals surface area contributed by atoms with Gasteiger partial charge in [-0.25, -0.2) is 4.98 Å². The Hall–Kier alpha value is -1.36. The summed E-state index contributed by atoms with van der Waals surface area (Å²) in [5.74, 6) is 1.34. The summed E-state index contributed by atoms with van der Waals surface area (Å²) < 4.78 is 0. The Morgan fingerprint density at radius 3 is 2.82 bits per heavy atom. The molecule has 0 aliphatic heterocycles. The molecule has 17 heavy (non-hydrogen) atoms. The number of nitrogens with zero attached hydrogens (tertiary/aromatic N) is 1. The van der Waals surface area contributed by atoms with Crippen molar-refractivity contribution in [1.82, 2.24) is 9.97 Å². The third-order valence-corrected chi connectivity index (χ3v) is 2.69. The van der Waals surface area contributed by atoms with E-state index in [2.05, 4.69) is 29.1 Å². The number of nitrogens with one attached hydrogen (secondary N) is 2. The monoisotopic (exact) mass is 238 g/mol. The topological polar surface area (TPSA) is 83.8 Å². The fraction of sp³-hybridized carbons (Fsp3) is 0.667. The minimum atomic E-state index is -0.115. The Bertz CT molecular complexity index is 411. The molecular weight excluding hydrogens is 216 g/mol. The number of nitrogens with two attached hydrogens (primary N) is 1. The van der Waals surface area contributed by atoms with Crippen molar-refractivity contribution in [3.8, 4) is 0 Å². The molecule has 1 aromatic rings. The predicted octanol–water partition coefficient (Wildman–Crippen LogP) is 1.12. The van der Waals surface area contributed by atoms with Gasteiger partial charge in [0.05, 0.1) is 0 Å². The van der Waals surface area contributed by atoms with Gasteiger partial charge in [0.25, 0.3) is 5.56 Å². The van der Waals surface area contributed by atoms with E-state index in [0.717, 1.165) is 19.4 Å². The van der Waals surface area contributed by atoms with Crippen LogP contribution in [-0.2, 0) is 6.42 Å². The maximum absolute atomic E-state index is 11.4. The summed E-state index contributed by atoms with van der Waals surface area (Å²) in [4.78, 5) is 18.4. The molecule has 5 nitrogen and oxygen atoms in total. The van der Waals surface area contributed by atoms with Crippen molar-refractivity contribution in [1.29, 1.82) is 0 Å². The highest BCUT2D eigenvalue weighted by molar-refractivity contribution is 5.33. The highest BCUT2D eigenvalue weighted by atomic mass is 16.1. The zero-order valence-electron chi connectivity index (χ0n) is 10.8. The molecular formula is C12H22N4O. The zero-order valence-corrected chi connectivity index (χ0v) is 10.8. The van der Waals surface area contributed by atoms with Crippen LogP contribution in [0.5, 0.6) is 0 Å². The molecule has 0 amide bonds. The molecule has 0 fully saturated rings. The molecule has 0 spiro atoms. The molecule has 4 N–H and O–H groups in total. The number of anilines is 1. The van der Waals surface area contributed by atoms with Gasteiger partial charge in [0, 0.05) is 19.0 Å². The van der Waals surface area contributed by atoms with Crippen LogP contribution in [0, 0.1) is 5.41 Å². The van der Waals surface area contributed by atoms with E-state index in [-0.39, 0.29) is 11.0 Å². The summed E-state index contributed by atoms with van der Waals surface area (Å²) >= 11 is 0. The van der Waals surface area contributed by atoms with E-state index in [9.17, 15) is 4.79 Å². The third kappa shape index (κ3) is 4.56. The summed E-state index contributed by atoms with van der Waals surface area (Å²) in [5.41, 5.74) is 5.54. The fourth-order valence-corrected chi connectivity index (χ4v) is 1.58. The van der Waals surface area contributed by atoms with E-state index < -0.39 is 0 Å². The van der Waals surface area contributed by atoms with E-state index in [1.54, 1.807) is 0 Å². The second-order valence-electron chi connectivity index (χ2n) is 4.99. The molecule has 0 radical (unpaired) electrons. The molecule has 1 heterocycles. The van der Waals surface area contributed by atoms with Gasteiger partial charge in [-0.1, -0.05) is 20.8 Å². The highest BCUT2D eigenvalue weighted by Gasteiger charge is 2.16. The first-order valence-electron chi connectivity index (χ1n) is 6.01. The van der Waals surface area contributed by atoms with E-state index in [4.69, 9.17) is 5.73 Å². The minimum Gasteiger partial charge on any atom is -0.369 e. The lowest BCUT2D eigenvalue weighted by atomic mass is 9.89. The zero-order chi connectivity index (χ0) is 12.9. The lowest BCUT2D eigenvalue weighted by molar-refractivity contribution is 0.365. The van der Waals surface area contributed by atoms with Crippen LogP contribution in [0.4, 0.5) is 5.82 Å². The number of aromatic amines is 1. The Morgan fingerprint density at radius 1 is 1.53 bits per heavy atom. The molecule has 0 aromatic carbocycles. The number of H-pyrrole nitrogens is 1. The fourth-order valence-electron chi connectivity index (χ4n) is 1.58. The number of hydrogen-bond acceptors (Lipinski definition) is 4. The first kappa shape index (κ1) is 13.7. The number of rotatable bonds is 6. The average molecular weight is 238 g/mol. The largest absolute Gasteiger partial charge is 0.369 e. The lowest BCUT2D eigenvalue weighted by Crippen LogP contribution is -2.27. The molecule has 0 unspecified atom stereocenters. The third-order valence-electron chi connectivity index (χ3n) is 2.69. The number of aromatic nitrogens is 2. The average Bonchev–Trinajstić information content (AvgIpc) is 2.26. The van der Waals surface area contributed by atoms with E-state index in [0.29, 0.717) is 18.2 Å². The summed E-state index contributed by atoms with van der Waals surface area (Å²) in [6.07, 6.45) is 1.65. The molecule has 5 heteroatoms. The quantitative estimate of drug-likeness (QED) is 0.693. The maximum atomic E-state index is 11.4. The second kappa shape index (κ2) is 5.82. The van der Waals surface area contributed by atoms with Gasteiger partial charge in [0.1, 0.15) is 11.6 Å². The normalized spacial score (nSPS) is 11.5. The van der Waals surface area contributed by atoms with Crippen LogP contribution < -0.4 is 16.6 Å². The van der Waals surface area contributed by atoms with Crippen LogP contribution in [0.1, 0.15) is 33.0 Å². The van der Waals surface area contributed by atoms with Gasteiger partial charge in [-0.05, 0) is 18.4 Å². The summed E-state index contributed by atoms with van der Waals surface area (Å²) in [5, 5.41) is 3.20. The SMILES string of the molecule is CCc1nc(NCC(C)(C)CCN)cc(=O)[nH]1. The summed E-state index contributed by atoms with van der Waals surface area (Å²) in [6, 6.07) is 1.48. The number of aryl methyl sites for hydroxylation is 1. The van der Waals surface area contributed by atoms with Gasteiger partial charge in [0.2, 0.25) is 0 Å². The van der Waals surface area contributed by atoms with Gasteiger partial charge >= 0.3 is 0 Å². The van der Waals surface area contributed by atoms with Crippen LogP contribution in [0.25, 0.3) is 0 Å². The Labute approximate surface area is 102 Å². The van der Waals surface area contributed by atoms with Crippen LogP contribution >= 0.6 is 0 Å². The van der Waals surface area contributed by atoms with Crippen molar-refractivity contribution in [2.24, 2.45) is 11.1 Å². The molecule has 0 atom stereocenters. The van der Waals surface area contributed by atoms with Crippen molar-refractivity contribution < 1.29 is 0 Å². The Morgan fingerprint density at radius 2 is 2.24 bits per heavy atom. The smallest absolute Gasteiger partial charge is 0.252 e. The van der Waals surface area contributed by atoms with Crippen molar-refractivity contribution in [2.45, 2.75) is 33.6 Å². The molecule has 0 bridgehead atoms. The van der Waals surface area contributed by atoms with Gasteiger partial charge in [-0.3, -0.25) is 4.79 Å². The van der Waals surface area contributed by atoms with Crippen molar-refractivity contribution in [2.75, 3.05) is 18.4 Å². The van der Waals surface area contributed by atoms with E-state index >= 15 is 0 Å². The second-order valence-corrected chi connectivity index (χ2v) is 4.99. The molecule has 0 aliphatic carbocycles. The van der Waals surface area contributed by atoms with Gasteiger partial charge in [-0.15, -0.1) is 0 Å². The summed E-state index contributed by atoms with van der Waals surface area (Å²) in [6.45, 7) is 7.66. The maximum Gasteiger partial charge on any atom is 0.252 e. The molecule has 0 saturated carbocycles. The van der Waals surface area contributed by atoms with Gasteiger partial charge in [-0.2, -0.15) is 0 Å². The standard InChI is InChI=1S/C12H22N4O/c1-4-9-15-10(7-11(17)16-9)14-8-12(2,3)5-6-13/h7H,4-6,8,13H2,1-3H3,(H2,14,15,16,17). The Balaban J connectivity index is 2.69. The lowest BCUT2D eigenvalue weighted by Gasteiger charge is -2.24. The molecule has 0 aliphatic rings. The molecule has 1 rings (SSSR count). The first-order valence-corrected chi connectivity index (χ1v) is 6.01. The first-order chi connectivity index (χ1) is 7.96. The van der Waals surface area contributed by atoms with Crippen molar-refractivity contribution in [3.63, 3.8) is 0 Å². The van der Waals surface area contributed by atoms with E-state index in [1.165, 1.54) is 6.07 Å². The minimum absolute atomic E-state index is 0.103.